The Hall–Kier alpha value is -2.18. The summed E-state index contributed by atoms with van der Waals surface area (Å²) in [6.45, 7) is 6.11. The van der Waals surface area contributed by atoms with E-state index in [0.29, 0.717) is 25.6 Å². The Kier molecular flexibility index (Phi) is 11.7. The van der Waals surface area contributed by atoms with Crippen molar-refractivity contribution in [2.75, 3.05) is 20.3 Å². The summed E-state index contributed by atoms with van der Waals surface area (Å²) < 4.78 is 52.6. The Morgan fingerprint density at radius 2 is 1.88 bits per heavy atom. The van der Waals surface area contributed by atoms with E-state index in [9.17, 15) is 13.2 Å². The molecule has 0 aliphatic rings. The number of guanidine groups is 1. The largest absolute Gasteiger partial charge is 0.493 e. The lowest BCUT2D eigenvalue weighted by atomic mass is 10.1. The molecule has 7 nitrogen and oxygen atoms in total. The fraction of sp³-hybridized carbons (Fsp3) is 0.524. The summed E-state index contributed by atoms with van der Waals surface area (Å²) in [4.78, 5) is 4.55. The minimum Gasteiger partial charge on any atom is -0.493 e. The van der Waals surface area contributed by atoms with Gasteiger partial charge in [-0.2, -0.15) is 13.2 Å². The zero-order chi connectivity index (χ0) is 22.9. The van der Waals surface area contributed by atoms with Crippen LogP contribution in [0.3, 0.4) is 0 Å². The number of hydrogen-bond donors (Lipinski definition) is 2. The van der Waals surface area contributed by atoms with Gasteiger partial charge in [-0.15, -0.1) is 24.0 Å². The van der Waals surface area contributed by atoms with Gasteiger partial charge in [-0.3, -0.25) is 0 Å². The number of ether oxygens (including phenoxy) is 2. The van der Waals surface area contributed by atoms with Gasteiger partial charge < -0.3 is 24.6 Å². The molecule has 0 saturated heterocycles. The lowest BCUT2D eigenvalue weighted by molar-refractivity contribution is -0.153. The fourth-order valence-corrected chi connectivity index (χ4v) is 2.91. The highest BCUT2D eigenvalue weighted by Crippen LogP contribution is 2.30. The second-order valence-corrected chi connectivity index (χ2v) is 6.68. The van der Waals surface area contributed by atoms with Gasteiger partial charge in [0.25, 0.3) is 0 Å². The van der Waals surface area contributed by atoms with Crippen molar-refractivity contribution >= 4 is 29.9 Å². The van der Waals surface area contributed by atoms with Crippen LogP contribution in [0.15, 0.2) is 27.7 Å². The first-order valence-corrected chi connectivity index (χ1v) is 10.2. The normalized spacial score (nSPS) is 11.7. The van der Waals surface area contributed by atoms with Crippen LogP contribution < -0.4 is 20.1 Å². The average Bonchev–Trinajstić information content (AvgIpc) is 3.15. The predicted octanol–water partition coefficient (Wildman–Crippen LogP) is 4.62. The molecule has 2 aromatic rings. The Morgan fingerprint density at radius 1 is 1.12 bits per heavy atom. The summed E-state index contributed by atoms with van der Waals surface area (Å²) in [5.74, 6) is 1.70. The van der Waals surface area contributed by atoms with Crippen molar-refractivity contribution < 1.29 is 27.2 Å². The molecule has 0 radical (unpaired) electrons. The van der Waals surface area contributed by atoms with Crippen LogP contribution in [0.5, 0.6) is 11.5 Å². The van der Waals surface area contributed by atoms with E-state index in [-0.39, 0.29) is 35.5 Å². The van der Waals surface area contributed by atoms with Gasteiger partial charge in [-0.1, -0.05) is 25.1 Å². The quantitative estimate of drug-likeness (QED) is 0.247. The van der Waals surface area contributed by atoms with Crippen LogP contribution in [0.1, 0.15) is 43.4 Å². The van der Waals surface area contributed by atoms with E-state index in [1.165, 1.54) is 13.2 Å². The first-order valence-electron chi connectivity index (χ1n) is 10.2. The molecule has 1 aromatic carbocycles. The first-order chi connectivity index (χ1) is 14.8. The third kappa shape index (κ3) is 8.40. The fourth-order valence-electron chi connectivity index (χ4n) is 2.91. The minimum absolute atomic E-state index is 0. The van der Waals surface area contributed by atoms with Crippen molar-refractivity contribution in [3.8, 4) is 11.5 Å². The van der Waals surface area contributed by atoms with Crippen molar-refractivity contribution in [3.05, 3.63) is 40.8 Å². The summed E-state index contributed by atoms with van der Waals surface area (Å²) in [6, 6.07) is 4.72. The van der Waals surface area contributed by atoms with Gasteiger partial charge in [0.15, 0.2) is 24.1 Å². The maximum absolute atomic E-state index is 12.4. The number of hydrogen-bond acceptors (Lipinski definition) is 5. The molecule has 32 heavy (non-hydrogen) atoms. The van der Waals surface area contributed by atoms with E-state index in [1.54, 1.807) is 12.1 Å². The molecule has 0 amide bonds. The summed E-state index contributed by atoms with van der Waals surface area (Å²) >= 11 is 0. The molecular weight excluding hydrogens is 540 g/mol. The monoisotopic (exact) mass is 570 g/mol. The SMILES string of the molecule is CCNC(=NCc1ccc(OCC(F)(F)F)c(OC)c1)NCc1c(CC)noc1CC.I. The summed E-state index contributed by atoms with van der Waals surface area (Å²) in [7, 11) is 1.38. The Labute approximate surface area is 203 Å². The van der Waals surface area contributed by atoms with Crippen LogP contribution in [0.25, 0.3) is 0 Å². The maximum atomic E-state index is 12.4. The molecule has 0 aliphatic carbocycles. The molecule has 11 heteroatoms. The number of aromatic nitrogens is 1. The molecule has 0 spiro atoms. The van der Waals surface area contributed by atoms with E-state index < -0.39 is 12.8 Å². The van der Waals surface area contributed by atoms with E-state index in [0.717, 1.165) is 35.4 Å². The van der Waals surface area contributed by atoms with E-state index in [2.05, 4.69) is 20.8 Å². The van der Waals surface area contributed by atoms with Crippen molar-refractivity contribution in [2.45, 2.75) is 52.9 Å². The summed E-state index contributed by atoms with van der Waals surface area (Å²) in [5.41, 5.74) is 2.71. The molecule has 2 N–H and O–H groups in total. The van der Waals surface area contributed by atoms with Crippen LogP contribution >= 0.6 is 24.0 Å². The number of rotatable bonds is 10. The number of alkyl halides is 3. The van der Waals surface area contributed by atoms with Gasteiger partial charge in [0.1, 0.15) is 5.76 Å². The molecule has 0 atom stereocenters. The van der Waals surface area contributed by atoms with Crippen LogP contribution in [0.2, 0.25) is 0 Å². The molecule has 2 rings (SSSR count). The number of nitrogens with one attached hydrogen (secondary N) is 2. The van der Waals surface area contributed by atoms with Crippen LogP contribution in [0, 0.1) is 0 Å². The molecule has 1 heterocycles. The topological polar surface area (TPSA) is 80.9 Å². The molecule has 0 saturated carbocycles. The Bertz CT molecular complexity index is 851. The highest BCUT2D eigenvalue weighted by Gasteiger charge is 2.29. The summed E-state index contributed by atoms with van der Waals surface area (Å²) in [5, 5.41) is 10.6. The molecule has 0 aliphatic heterocycles. The molecular formula is C21H30F3IN4O3. The lowest BCUT2D eigenvalue weighted by Crippen LogP contribution is -2.37. The molecule has 0 bridgehead atoms. The van der Waals surface area contributed by atoms with Gasteiger partial charge in [-0.05, 0) is 31.0 Å². The number of benzene rings is 1. The lowest BCUT2D eigenvalue weighted by Gasteiger charge is -2.14. The second kappa shape index (κ2) is 13.4. The van der Waals surface area contributed by atoms with E-state index >= 15 is 0 Å². The van der Waals surface area contributed by atoms with Crippen molar-refractivity contribution in [1.29, 1.82) is 0 Å². The highest BCUT2D eigenvalue weighted by molar-refractivity contribution is 14.0. The molecule has 180 valence electrons. The maximum Gasteiger partial charge on any atom is 0.422 e. The third-order valence-electron chi connectivity index (χ3n) is 4.42. The highest BCUT2D eigenvalue weighted by atomic mass is 127. The van der Waals surface area contributed by atoms with Gasteiger partial charge in [0, 0.05) is 25.1 Å². The van der Waals surface area contributed by atoms with Crippen LogP contribution in [-0.2, 0) is 25.9 Å². The van der Waals surface area contributed by atoms with Gasteiger partial charge in [-0.25, -0.2) is 4.99 Å². The van der Waals surface area contributed by atoms with E-state index in [4.69, 9.17) is 14.0 Å². The zero-order valence-corrected chi connectivity index (χ0v) is 21.0. The number of aryl methyl sites for hydroxylation is 2. The molecule has 0 unspecified atom stereocenters. The average molecular weight is 570 g/mol. The predicted molar refractivity (Wildman–Crippen MR) is 127 cm³/mol. The standard InChI is InChI=1S/C21H29F3N4O3.HI/c1-5-16-15(17(6-2)31-28-16)12-27-20(25-7-3)26-11-14-8-9-18(19(10-14)29-4)30-13-21(22,23)24;/h8-10H,5-7,11-13H2,1-4H3,(H2,25,26,27);1H. The number of aliphatic imine (C=N–C) groups is 1. The smallest absolute Gasteiger partial charge is 0.422 e. The number of methoxy groups -OCH3 is 1. The minimum atomic E-state index is -4.42. The van der Waals surface area contributed by atoms with Crippen molar-refractivity contribution in [2.24, 2.45) is 4.99 Å². The van der Waals surface area contributed by atoms with Gasteiger partial charge in [0.05, 0.1) is 19.3 Å². The number of halogens is 4. The second-order valence-electron chi connectivity index (χ2n) is 6.68. The van der Waals surface area contributed by atoms with Crippen molar-refractivity contribution in [1.82, 2.24) is 15.8 Å². The number of nitrogens with zero attached hydrogens (tertiary/aromatic N) is 2. The van der Waals surface area contributed by atoms with Crippen LogP contribution in [0.4, 0.5) is 13.2 Å². The zero-order valence-electron chi connectivity index (χ0n) is 18.6. The first kappa shape index (κ1) is 27.9. The molecule has 0 fully saturated rings. The summed E-state index contributed by atoms with van der Waals surface area (Å²) in [6.07, 6.45) is -2.89. The van der Waals surface area contributed by atoms with Crippen LogP contribution in [-0.4, -0.2) is 37.6 Å². The van der Waals surface area contributed by atoms with Crippen molar-refractivity contribution in [3.63, 3.8) is 0 Å². The Balaban J connectivity index is 0.00000512. The Morgan fingerprint density at radius 3 is 2.47 bits per heavy atom. The van der Waals surface area contributed by atoms with E-state index in [1.807, 2.05) is 20.8 Å². The van der Waals surface area contributed by atoms with Gasteiger partial charge in [0.2, 0.25) is 0 Å². The third-order valence-corrected chi connectivity index (χ3v) is 4.42. The van der Waals surface area contributed by atoms with Gasteiger partial charge >= 0.3 is 6.18 Å². The molecule has 1 aromatic heterocycles.